The molecule has 0 aliphatic rings. The Morgan fingerprint density at radius 1 is 1.09 bits per heavy atom. The maximum atomic E-state index is 13.6. The van der Waals surface area contributed by atoms with Gasteiger partial charge in [0.25, 0.3) is 0 Å². The monoisotopic (exact) mass is 465 g/mol. The highest BCUT2D eigenvalue weighted by Gasteiger charge is 2.40. The number of phenols is 1. The average Bonchev–Trinajstić information content (AvgIpc) is 2.67. The fourth-order valence-corrected chi connectivity index (χ4v) is 3.18. The van der Waals surface area contributed by atoms with Gasteiger partial charge in [0.15, 0.2) is 0 Å². The van der Waals surface area contributed by atoms with E-state index in [9.17, 15) is 24.6 Å². The SMILES string of the molecule is CCC(C)N(C(=O)C(CO)NC(=O)OC(C)(C)C)C(C(=O)NC(C)(C)C)c1ccccc1O. The van der Waals surface area contributed by atoms with Crippen molar-refractivity contribution in [3.05, 3.63) is 29.8 Å². The Bertz CT molecular complexity index is 828. The fraction of sp³-hybridized carbons (Fsp3) is 0.625. The second kappa shape index (κ2) is 11.4. The first-order valence-electron chi connectivity index (χ1n) is 11.1. The number of phenolic OH excluding ortho intramolecular Hbond substituents is 1. The summed E-state index contributed by atoms with van der Waals surface area (Å²) in [4.78, 5) is 40.6. The van der Waals surface area contributed by atoms with Gasteiger partial charge in [-0.2, -0.15) is 0 Å². The number of aliphatic hydroxyl groups excluding tert-OH is 1. The van der Waals surface area contributed by atoms with Gasteiger partial charge in [-0.05, 0) is 61.0 Å². The van der Waals surface area contributed by atoms with Crippen LogP contribution in [0.4, 0.5) is 4.79 Å². The summed E-state index contributed by atoms with van der Waals surface area (Å²) in [5, 5.41) is 25.7. The van der Waals surface area contributed by atoms with Crippen LogP contribution in [0, 0.1) is 0 Å². The van der Waals surface area contributed by atoms with Gasteiger partial charge >= 0.3 is 6.09 Å². The van der Waals surface area contributed by atoms with Crippen molar-refractivity contribution in [2.45, 2.75) is 91.1 Å². The number of nitrogens with zero attached hydrogens (tertiary/aromatic N) is 1. The van der Waals surface area contributed by atoms with Crippen molar-refractivity contribution in [3.8, 4) is 5.75 Å². The molecular formula is C24H39N3O6. The van der Waals surface area contributed by atoms with Crippen LogP contribution in [0.15, 0.2) is 24.3 Å². The molecule has 3 atom stereocenters. The highest BCUT2D eigenvalue weighted by atomic mass is 16.6. The van der Waals surface area contributed by atoms with E-state index in [2.05, 4.69) is 10.6 Å². The van der Waals surface area contributed by atoms with Crippen molar-refractivity contribution in [1.82, 2.24) is 15.5 Å². The molecule has 1 rings (SSSR count). The molecule has 0 bridgehead atoms. The highest BCUT2D eigenvalue weighted by Crippen LogP contribution is 2.32. The number of para-hydroxylation sites is 1. The van der Waals surface area contributed by atoms with Crippen LogP contribution in [0.5, 0.6) is 5.75 Å². The minimum atomic E-state index is -1.34. The van der Waals surface area contributed by atoms with E-state index in [1.807, 2.05) is 27.7 Å². The first-order valence-corrected chi connectivity index (χ1v) is 11.1. The molecule has 3 amide bonds. The van der Waals surface area contributed by atoms with Crippen molar-refractivity contribution >= 4 is 17.9 Å². The summed E-state index contributed by atoms with van der Waals surface area (Å²) in [5.74, 6) is -1.31. The molecule has 4 N–H and O–H groups in total. The van der Waals surface area contributed by atoms with Gasteiger partial charge in [0.05, 0.1) is 6.61 Å². The first kappa shape index (κ1) is 28.2. The van der Waals surface area contributed by atoms with Crippen LogP contribution in [0.2, 0.25) is 0 Å². The van der Waals surface area contributed by atoms with Crippen LogP contribution in [-0.4, -0.2) is 62.9 Å². The Balaban J connectivity index is 3.48. The van der Waals surface area contributed by atoms with Crippen molar-refractivity contribution in [1.29, 1.82) is 0 Å². The van der Waals surface area contributed by atoms with E-state index < -0.39 is 53.8 Å². The van der Waals surface area contributed by atoms with Crippen molar-refractivity contribution in [2.24, 2.45) is 0 Å². The summed E-state index contributed by atoms with van der Waals surface area (Å²) < 4.78 is 5.21. The molecule has 0 aliphatic carbocycles. The first-order chi connectivity index (χ1) is 15.1. The third-order valence-corrected chi connectivity index (χ3v) is 4.75. The van der Waals surface area contributed by atoms with Gasteiger partial charge in [-0.25, -0.2) is 4.79 Å². The number of rotatable bonds is 8. The number of carbonyl (C=O) groups is 3. The van der Waals surface area contributed by atoms with Crippen LogP contribution in [-0.2, 0) is 14.3 Å². The van der Waals surface area contributed by atoms with Gasteiger partial charge in [0, 0.05) is 17.1 Å². The zero-order valence-electron chi connectivity index (χ0n) is 20.9. The largest absolute Gasteiger partial charge is 0.508 e. The van der Waals surface area contributed by atoms with E-state index >= 15 is 0 Å². The molecule has 3 unspecified atom stereocenters. The number of hydrogen-bond donors (Lipinski definition) is 4. The van der Waals surface area contributed by atoms with Gasteiger partial charge in [-0.3, -0.25) is 9.59 Å². The van der Waals surface area contributed by atoms with Gasteiger partial charge in [-0.1, -0.05) is 25.1 Å². The summed E-state index contributed by atoms with van der Waals surface area (Å²) in [6.07, 6.45) is -0.374. The molecule has 9 nitrogen and oxygen atoms in total. The summed E-state index contributed by atoms with van der Waals surface area (Å²) in [6, 6.07) is 3.30. The number of carbonyl (C=O) groups excluding carboxylic acids is 3. The molecule has 0 spiro atoms. The molecule has 33 heavy (non-hydrogen) atoms. The standard InChI is InChI=1S/C24H39N3O6/c1-9-15(2)27(21(31)17(14-28)25-22(32)33-24(6,7)8)19(20(30)26-23(3,4)5)16-12-10-11-13-18(16)29/h10-13,15,17,19,28-29H,9,14H2,1-8H3,(H,25,32)(H,26,30). The molecule has 0 aromatic heterocycles. The number of alkyl carbamates (subject to hydrolysis) is 1. The van der Waals surface area contributed by atoms with E-state index in [0.29, 0.717) is 6.42 Å². The molecule has 0 radical (unpaired) electrons. The second-order valence-electron chi connectivity index (χ2n) is 10.1. The van der Waals surface area contributed by atoms with Gasteiger partial charge in [0.1, 0.15) is 23.4 Å². The number of aromatic hydroxyl groups is 1. The molecular weight excluding hydrogens is 426 g/mol. The number of aliphatic hydroxyl groups is 1. The van der Waals surface area contributed by atoms with E-state index in [1.165, 1.54) is 11.0 Å². The maximum absolute atomic E-state index is 13.6. The Morgan fingerprint density at radius 3 is 2.12 bits per heavy atom. The number of benzene rings is 1. The Hall–Kier alpha value is -2.81. The number of nitrogens with one attached hydrogen (secondary N) is 2. The molecule has 0 saturated carbocycles. The molecule has 0 fully saturated rings. The third-order valence-electron chi connectivity index (χ3n) is 4.75. The van der Waals surface area contributed by atoms with E-state index in [0.717, 1.165) is 0 Å². The molecule has 1 aromatic rings. The fourth-order valence-electron chi connectivity index (χ4n) is 3.18. The smallest absolute Gasteiger partial charge is 0.408 e. The lowest BCUT2D eigenvalue weighted by Crippen LogP contribution is -2.57. The molecule has 0 saturated heterocycles. The lowest BCUT2D eigenvalue weighted by atomic mass is 9.97. The second-order valence-corrected chi connectivity index (χ2v) is 10.1. The van der Waals surface area contributed by atoms with Crippen LogP contribution in [0.1, 0.15) is 73.4 Å². The van der Waals surface area contributed by atoms with Gasteiger partial charge < -0.3 is 30.5 Å². The average molecular weight is 466 g/mol. The molecule has 9 heteroatoms. The summed E-state index contributed by atoms with van der Waals surface area (Å²) >= 11 is 0. The Morgan fingerprint density at radius 2 is 1.67 bits per heavy atom. The van der Waals surface area contributed by atoms with Crippen LogP contribution < -0.4 is 10.6 Å². The van der Waals surface area contributed by atoms with Crippen LogP contribution in [0.3, 0.4) is 0 Å². The lowest BCUT2D eigenvalue weighted by Gasteiger charge is -2.39. The minimum absolute atomic E-state index is 0.145. The summed E-state index contributed by atoms with van der Waals surface area (Å²) in [6.45, 7) is 13.4. The predicted octanol–water partition coefficient (Wildman–Crippen LogP) is 2.86. The van der Waals surface area contributed by atoms with E-state index in [-0.39, 0.29) is 11.3 Å². The molecule has 1 aromatic carbocycles. The summed E-state index contributed by atoms with van der Waals surface area (Å²) in [5.41, 5.74) is -1.16. The van der Waals surface area contributed by atoms with Crippen molar-refractivity contribution in [3.63, 3.8) is 0 Å². The quantitative estimate of drug-likeness (QED) is 0.467. The van der Waals surface area contributed by atoms with Crippen LogP contribution in [0.25, 0.3) is 0 Å². The Kier molecular flexibility index (Phi) is 9.71. The lowest BCUT2D eigenvalue weighted by molar-refractivity contribution is -0.146. The van der Waals surface area contributed by atoms with Crippen LogP contribution >= 0.6 is 0 Å². The minimum Gasteiger partial charge on any atom is -0.508 e. The Labute approximate surface area is 196 Å². The highest BCUT2D eigenvalue weighted by molar-refractivity contribution is 5.93. The molecule has 186 valence electrons. The topological polar surface area (TPSA) is 128 Å². The predicted molar refractivity (Wildman–Crippen MR) is 126 cm³/mol. The third kappa shape index (κ3) is 8.57. The molecule has 0 heterocycles. The number of amides is 3. The van der Waals surface area contributed by atoms with Crippen molar-refractivity contribution < 1.29 is 29.3 Å². The zero-order valence-corrected chi connectivity index (χ0v) is 20.9. The molecule has 0 aliphatic heterocycles. The number of ether oxygens (including phenoxy) is 1. The summed E-state index contributed by atoms with van der Waals surface area (Å²) in [7, 11) is 0. The zero-order chi connectivity index (χ0) is 25.6. The van der Waals surface area contributed by atoms with Gasteiger partial charge in [-0.15, -0.1) is 0 Å². The van der Waals surface area contributed by atoms with Gasteiger partial charge in [0.2, 0.25) is 11.8 Å². The van der Waals surface area contributed by atoms with E-state index in [4.69, 9.17) is 4.74 Å². The van der Waals surface area contributed by atoms with E-state index in [1.54, 1.807) is 45.9 Å². The van der Waals surface area contributed by atoms with Crippen molar-refractivity contribution in [2.75, 3.05) is 6.61 Å². The normalized spacial score (nSPS) is 14.6. The maximum Gasteiger partial charge on any atom is 0.408 e. The number of hydrogen-bond acceptors (Lipinski definition) is 6.